The van der Waals surface area contributed by atoms with Gasteiger partial charge in [0, 0.05) is 44.0 Å². The number of nitrogens with two attached hydrogens (primary N) is 1. The number of para-hydroxylation sites is 1. The maximum Gasteiger partial charge on any atom is 0.224 e. The summed E-state index contributed by atoms with van der Waals surface area (Å²) in [5, 5.41) is 2.93. The predicted molar refractivity (Wildman–Crippen MR) is 83.8 cm³/mol. The minimum absolute atomic E-state index is 0.0223. The summed E-state index contributed by atoms with van der Waals surface area (Å²) in [4.78, 5) is 16.3. The molecular weight excluding hydrogens is 264 g/mol. The van der Waals surface area contributed by atoms with E-state index in [9.17, 15) is 4.79 Å². The molecule has 5 nitrogen and oxygen atoms in total. The molecule has 0 aliphatic carbocycles. The molecular formula is C16H22N4O. The number of carbonyl (C=O) groups is 1. The Balaban J connectivity index is 1.82. The molecule has 0 saturated heterocycles. The molecule has 0 saturated carbocycles. The van der Waals surface area contributed by atoms with Crippen molar-refractivity contribution in [1.29, 1.82) is 0 Å². The minimum Gasteiger partial charge on any atom is -0.335 e. The monoisotopic (exact) mass is 286 g/mol. The Kier molecular flexibility index (Phi) is 5.51. The smallest absolute Gasteiger partial charge is 0.224 e. The lowest BCUT2D eigenvalue weighted by atomic mass is 10.1. The second-order valence-corrected chi connectivity index (χ2v) is 4.90. The number of carbonyl (C=O) groups excluding carboxylic acids is 1. The molecule has 0 bridgehead atoms. The molecule has 5 heteroatoms. The van der Waals surface area contributed by atoms with Gasteiger partial charge in [-0.05, 0) is 18.1 Å². The zero-order chi connectivity index (χ0) is 15.1. The number of nitrogens with one attached hydrogen (secondary N) is 1. The molecule has 21 heavy (non-hydrogen) atoms. The molecule has 1 amide bonds. The van der Waals surface area contributed by atoms with Gasteiger partial charge in [-0.2, -0.15) is 0 Å². The van der Waals surface area contributed by atoms with Crippen molar-refractivity contribution in [2.75, 3.05) is 5.32 Å². The fraction of sp³-hybridized carbons (Fsp3) is 0.375. The predicted octanol–water partition coefficient (Wildman–Crippen LogP) is 2.32. The molecule has 0 aliphatic heterocycles. The van der Waals surface area contributed by atoms with Crippen LogP contribution in [0, 0.1) is 0 Å². The van der Waals surface area contributed by atoms with E-state index in [0.717, 1.165) is 36.5 Å². The number of rotatable bonds is 7. The van der Waals surface area contributed by atoms with E-state index in [0.29, 0.717) is 13.0 Å². The second-order valence-electron chi connectivity index (χ2n) is 4.90. The Morgan fingerprint density at radius 2 is 2.19 bits per heavy atom. The lowest BCUT2D eigenvalue weighted by molar-refractivity contribution is -0.116. The van der Waals surface area contributed by atoms with Gasteiger partial charge >= 0.3 is 0 Å². The highest BCUT2D eigenvalue weighted by atomic mass is 16.1. The molecule has 2 rings (SSSR count). The third-order valence-corrected chi connectivity index (χ3v) is 3.43. The van der Waals surface area contributed by atoms with Gasteiger partial charge in [0.15, 0.2) is 0 Å². The summed E-state index contributed by atoms with van der Waals surface area (Å²) in [7, 11) is 0. The van der Waals surface area contributed by atoms with E-state index in [1.54, 1.807) is 6.20 Å². The van der Waals surface area contributed by atoms with Crippen molar-refractivity contribution in [1.82, 2.24) is 9.55 Å². The van der Waals surface area contributed by atoms with Crippen molar-refractivity contribution in [3.05, 3.63) is 48.0 Å². The Morgan fingerprint density at radius 1 is 1.38 bits per heavy atom. The number of imidazole rings is 1. The maximum atomic E-state index is 12.0. The van der Waals surface area contributed by atoms with Gasteiger partial charge in [-0.3, -0.25) is 4.79 Å². The number of nitrogens with zero attached hydrogens (tertiary/aromatic N) is 2. The van der Waals surface area contributed by atoms with E-state index in [1.807, 2.05) is 30.5 Å². The summed E-state index contributed by atoms with van der Waals surface area (Å²) in [5.41, 5.74) is 7.42. The van der Waals surface area contributed by atoms with Gasteiger partial charge in [-0.25, -0.2) is 4.98 Å². The summed E-state index contributed by atoms with van der Waals surface area (Å²) in [5.74, 6) is 1.08. The molecule has 0 unspecified atom stereocenters. The third kappa shape index (κ3) is 4.16. The van der Waals surface area contributed by atoms with Gasteiger partial charge in [-0.1, -0.05) is 25.1 Å². The average molecular weight is 286 g/mol. The van der Waals surface area contributed by atoms with E-state index in [2.05, 4.69) is 21.8 Å². The zero-order valence-corrected chi connectivity index (χ0v) is 12.4. The van der Waals surface area contributed by atoms with Crippen LogP contribution in [0.3, 0.4) is 0 Å². The fourth-order valence-corrected chi connectivity index (χ4v) is 2.30. The molecule has 0 atom stereocenters. The van der Waals surface area contributed by atoms with Gasteiger partial charge in [0.25, 0.3) is 0 Å². The van der Waals surface area contributed by atoms with Crippen LogP contribution in [0.15, 0.2) is 36.7 Å². The number of benzene rings is 1. The minimum atomic E-state index is 0.0223. The number of aryl methyl sites for hydroxylation is 2. The van der Waals surface area contributed by atoms with Crippen molar-refractivity contribution in [2.45, 2.75) is 39.3 Å². The average Bonchev–Trinajstić information content (AvgIpc) is 2.95. The Bertz CT molecular complexity index is 591. The SMILES string of the molecule is CCc1nccn1CCCC(=O)Nc1ccccc1CN. The maximum absolute atomic E-state index is 12.0. The van der Waals surface area contributed by atoms with Crippen molar-refractivity contribution in [2.24, 2.45) is 5.73 Å². The van der Waals surface area contributed by atoms with E-state index >= 15 is 0 Å². The summed E-state index contributed by atoms with van der Waals surface area (Å²) in [6.45, 7) is 3.32. The van der Waals surface area contributed by atoms with E-state index in [1.165, 1.54) is 0 Å². The molecule has 0 radical (unpaired) electrons. The van der Waals surface area contributed by atoms with E-state index in [4.69, 9.17) is 5.73 Å². The van der Waals surface area contributed by atoms with Crippen LogP contribution >= 0.6 is 0 Å². The van der Waals surface area contributed by atoms with Crippen molar-refractivity contribution >= 4 is 11.6 Å². The highest BCUT2D eigenvalue weighted by Crippen LogP contribution is 2.14. The molecule has 1 heterocycles. The number of anilines is 1. The van der Waals surface area contributed by atoms with Gasteiger partial charge in [0.05, 0.1) is 0 Å². The summed E-state index contributed by atoms with van der Waals surface area (Å²) in [6, 6.07) is 7.62. The van der Waals surface area contributed by atoms with Crippen molar-refractivity contribution in [3.8, 4) is 0 Å². The lowest BCUT2D eigenvalue weighted by Gasteiger charge is -2.10. The summed E-state index contributed by atoms with van der Waals surface area (Å²) < 4.78 is 2.10. The van der Waals surface area contributed by atoms with Crippen molar-refractivity contribution < 1.29 is 4.79 Å². The van der Waals surface area contributed by atoms with Crippen LogP contribution in [0.25, 0.3) is 0 Å². The van der Waals surface area contributed by atoms with Gasteiger partial charge in [0.1, 0.15) is 5.82 Å². The first-order chi connectivity index (χ1) is 10.2. The Hall–Kier alpha value is -2.14. The molecule has 1 aromatic heterocycles. The number of hydrogen-bond donors (Lipinski definition) is 2. The lowest BCUT2D eigenvalue weighted by Crippen LogP contribution is -2.15. The van der Waals surface area contributed by atoms with Crippen LogP contribution in [0.5, 0.6) is 0 Å². The van der Waals surface area contributed by atoms with Gasteiger partial charge in [0.2, 0.25) is 5.91 Å². The van der Waals surface area contributed by atoms with Gasteiger partial charge < -0.3 is 15.6 Å². The standard InChI is InChI=1S/C16H22N4O/c1-2-15-18-9-11-20(15)10-5-8-16(21)19-14-7-4-3-6-13(14)12-17/h3-4,6-7,9,11H,2,5,8,10,12,17H2,1H3,(H,19,21). The molecule has 0 aliphatic rings. The zero-order valence-electron chi connectivity index (χ0n) is 12.4. The van der Waals surface area contributed by atoms with E-state index < -0.39 is 0 Å². The first kappa shape index (κ1) is 15.3. The molecule has 0 spiro atoms. The molecule has 0 fully saturated rings. The topological polar surface area (TPSA) is 72.9 Å². The summed E-state index contributed by atoms with van der Waals surface area (Å²) in [6.07, 6.45) is 5.94. The molecule has 1 aromatic carbocycles. The molecule has 3 N–H and O–H groups in total. The summed E-state index contributed by atoms with van der Waals surface area (Å²) >= 11 is 0. The van der Waals surface area contributed by atoms with Crippen LogP contribution in [0.4, 0.5) is 5.69 Å². The highest BCUT2D eigenvalue weighted by Gasteiger charge is 2.06. The molecule has 112 valence electrons. The Labute approximate surface area is 125 Å². The van der Waals surface area contributed by atoms with Gasteiger partial charge in [-0.15, -0.1) is 0 Å². The van der Waals surface area contributed by atoms with Crippen LogP contribution in [0.2, 0.25) is 0 Å². The number of aromatic nitrogens is 2. The van der Waals surface area contributed by atoms with Crippen LogP contribution in [-0.4, -0.2) is 15.5 Å². The fourth-order valence-electron chi connectivity index (χ4n) is 2.30. The highest BCUT2D eigenvalue weighted by molar-refractivity contribution is 5.91. The van der Waals surface area contributed by atoms with Crippen LogP contribution < -0.4 is 11.1 Å². The second kappa shape index (κ2) is 7.59. The van der Waals surface area contributed by atoms with Crippen LogP contribution in [-0.2, 0) is 24.3 Å². The first-order valence-corrected chi connectivity index (χ1v) is 7.32. The number of hydrogen-bond acceptors (Lipinski definition) is 3. The normalized spacial score (nSPS) is 10.6. The number of amides is 1. The van der Waals surface area contributed by atoms with E-state index in [-0.39, 0.29) is 5.91 Å². The Morgan fingerprint density at radius 3 is 2.95 bits per heavy atom. The first-order valence-electron chi connectivity index (χ1n) is 7.32. The van der Waals surface area contributed by atoms with Crippen LogP contribution in [0.1, 0.15) is 31.2 Å². The third-order valence-electron chi connectivity index (χ3n) is 3.43. The molecule has 2 aromatic rings. The van der Waals surface area contributed by atoms with Crippen molar-refractivity contribution in [3.63, 3.8) is 0 Å². The quantitative estimate of drug-likeness (QED) is 0.820. The largest absolute Gasteiger partial charge is 0.335 e.